The molecule has 2 N–H and O–H groups in total. The second-order valence-electron chi connectivity index (χ2n) is 1.32. The Morgan fingerprint density at radius 2 is 2.38 bits per heavy atom. The molecule has 0 aromatic carbocycles. The van der Waals surface area contributed by atoms with Gasteiger partial charge in [0.1, 0.15) is 0 Å². The average molecular weight is 112 g/mol. The van der Waals surface area contributed by atoms with Crippen LogP contribution in [0.15, 0.2) is 11.0 Å². The van der Waals surface area contributed by atoms with E-state index in [1.165, 1.54) is 6.20 Å². The van der Waals surface area contributed by atoms with Crippen LogP contribution in [-0.2, 0) is 0 Å². The van der Waals surface area contributed by atoms with Crippen LogP contribution in [0, 0.1) is 0 Å². The number of nitrogens with one attached hydrogen (secondary N) is 2. The van der Waals surface area contributed by atoms with Crippen LogP contribution in [0.25, 0.3) is 0 Å². The molecule has 1 aromatic rings. The number of hydrogen-bond acceptors (Lipinski definition) is 2. The van der Waals surface area contributed by atoms with Crippen molar-refractivity contribution in [3.63, 3.8) is 0 Å². The third kappa shape index (κ3) is 0.556. The lowest BCUT2D eigenvalue weighted by atomic mass is 10.4. The second kappa shape index (κ2) is 1.65. The lowest BCUT2D eigenvalue weighted by Gasteiger charge is -1.64. The third-order valence-corrected chi connectivity index (χ3v) is 0.803. The van der Waals surface area contributed by atoms with E-state index in [2.05, 4.69) is 10.2 Å². The minimum Gasteiger partial charge on any atom is -0.305 e. The SMILES string of the molecule is O=Cc1c[nH][nH]c1=O. The maximum atomic E-state index is 10.3. The van der Waals surface area contributed by atoms with Crippen molar-refractivity contribution in [1.82, 2.24) is 10.2 Å². The predicted molar refractivity (Wildman–Crippen MR) is 26.8 cm³/mol. The number of carbonyl (C=O) groups excluding carboxylic acids is 1. The van der Waals surface area contributed by atoms with Gasteiger partial charge >= 0.3 is 0 Å². The number of hydrogen-bond donors (Lipinski definition) is 2. The van der Waals surface area contributed by atoms with Gasteiger partial charge in [-0.1, -0.05) is 0 Å². The fraction of sp³-hybridized carbons (Fsp3) is 0. The van der Waals surface area contributed by atoms with Crippen molar-refractivity contribution in [2.45, 2.75) is 0 Å². The summed E-state index contributed by atoms with van der Waals surface area (Å²) in [4.78, 5) is 20.2. The highest BCUT2D eigenvalue weighted by Gasteiger charge is 1.93. The zero-order chi connectivity index (χ0) is 5.98. The minimum absolute atomic E-state index is 0.130. The zero-order valence-electron chi connectivity index (χ0n) is 3.97. The Morgan fingerprint density at radius 1 is 1.62 bits per heavy atom. The summed E-state index contributed by atoms with van der Waals surface area (Å²) >= 11 is 0. The zero-order valence-corrected chi connectivity index (χ0v) is 3.97. The summed E-state index contributed by atoms with van der Waals surface area (Å²) in [5, 5.41) is 4.59. The molecule has 42 valence electrons. The van der Waals surface area contributed by atoms with Gasteiger partial charge in [-0.05, 0) is 0 Å². The summed E-state index contributed by atoms with van der Waals surface area (Å²) in [6.45, 7) is 0. The molecular weight excluding hydrogens is 108 g/mol. The van der Waals surface area contributed by atoms with Gasteiger partial charge in [0.25, 0.3) is 5.56 Å². The lowest BCUT2D eigenvalue weighted by Crippen LogP contribution is -2.03. The van der Waals surface area contributed by atoms with Crippen molar-refractivity contribution in [3.8, 4) is 0 Å². The van der Waals surface area contributed by atoms with Gasteiger partial charge in [-0.2, -0.15) is 0 Å². The van der Waals surface area contributed by atoms with E-state index in [-0.39, 0.29) is 11.1 Å². The van der Waals surface area contributed by atoms with Crippen LogP contribution in [-0.4, -0.2) is 16.5 Å². The molecule has 0 saturated carbocycles. The Labute approximate surface area is 44.5 Å². The van der Waals surface area contributed by atoms with Crippen molar-refractivity contribution in [2.24, 2.45) is 0 Å². The van der Waals surface area contributed by atoms with Crippen molar-refractivity contribution in [1.29, 1.82) is 0 Å². The summed E-state index contributed by atoms with van der Waals surface area (Å²) in [6.07, 6.45) is 1.81. The molecule has 4 nitrogen and oxygen atoms in total. The smallest absolute Gasteiger partial charge is 0.274 e. The van der Waals surface area contributed by atoms with E-state index in [1.54, 1.807) is 0 Å². The van der Waals surface area contributed by atoms with Crippen molar-refractivity contribution < 1.29 is 4.79 Å². The molecule has 0 aliphatic heterocycles. The van der Waals surface area contributed by atoms with E-state index in [0.717, 1.165) is 0 Å². The molecule has 1 aromatic heterocycles. The highest BCUT2D eigenvalue weighted by Crippen LogP contribution is 1.74. The summed E-state index contributed by atoms with van der Waals surface area (Å²) in [7, 11) is 0. The lowest BCUT2D eigenvalue weighted by molar-refractivity contribution is 0.112. The first-order chi connectivity index (χ1) is 3.84. The average Bonchev–Trinajstić information content (AvgIpc) is 2.14. The molecule has 0 aliphatic carbocycles. The van der Waals surface area contributed by atoms with Gasteiger partial charge in [0.05, 0.1) is 5.56 Å². The molecule has 0 saturated heterocycles. The van der Waals surface area contributed by atoms with E-state index in [9.17, 15) is 9.59 Å². The molecule has 0 bridgehead atoms. The summed E-state index contributed by atoms with van der Waals surface area (Å²) in [5.74, 6) is 0. The van der Waals surface area contributed by atoms with Crippen LogP contribution in [0.2, 0.25) is 0 Å². The summed E-state index contributed by atoms with van der Waals surface area (Å²) < 4.78 is 0. The third-order valence-electron chi connectivity index (χ3n) is 0.803. The van der Waals surface area contributed by atoms with Crippen molar-refractivity contribution >= 4 is 6.29 Å². The standard InChI is InChI=1S/C4H4N2O2/c7-2-3-1-5-6-4(3)8/h1-2H,(H2,5,6,8). The number of aldehydes is 1. The molecule has 0 radical (unpaired) electrons. The molecule has 1 rings (SSSR count). The highest BCUT2D eigenvalue weighted by molar-refractivity contribution is 5.73. The van der Waals surface area contributed by atoms with Crippen LogP contribution >= 0.6 is 0 Å². The minimum atomic E-state index is -0.375. The van der Waals surface area contributed by atoms with Crippen LogP contribution in [0.1, 0.15) is 10.4 Å². The molecule has 0 aliphatic rings. The van der Waals surface area contributed by atoms with E-state index >= 15 is 0 Å². The second-order valence-corrected chi connectivity index (χ2v) is 1.32. The number of aromatic nitrogens is 2. The molecule has 8 heavy (non-hydrogen) atoms. The Hall–Kier alpha value is -1.32. The van der Waals surface area contributed by atoms with E-state index in [1.807, 2.05) is 0 Å². The highest BCUT2D eigenvalue weighted by atomic mass is 16.1. The molecule has 0 atom stereocenters. The van der Waals surface area contributed by atoms with E-state index in [4.69, 9.17) is 0 Å². The maximum absolute atomic E-state index is 10.3. The number of rotatable bonds is 1. The first-order valence-electron chi connectivity index (χ1n) is 2.06. The maximum Gasteiger partial charge on any atom is 0.274 e. The van der Waals surface area contributed by atoms with Crippen LogP contribution < -0.4 is 5.56 Å². The topological polar surface area (TPSA) is 65.7 Å². The Kier molecular flexibility index (Phi) is 0.997. The fourth-order valence-electron chi connectivity index (χ4n) is 0.405. The normalized spacial score (nSPS) is 9.00. The van der Waals surface area contributed by atoms with Gasteiger partial charge in [-0.25, -0.2) is 0 Å². The molecular formula is C4H4N2O2. The van der Waals surface area contributed by atoms with E-state index < -0.39 is 0 Å². The predicted octanol–water partition coefficient (Wildman–Crippen LogP) is -0.484. The van der Waals surface area contributed by atoms with Crippen LogP contribution in [0.5, 0.6) is 0 Å². The molecule has 0 fully saturated rings. The number of carbonyl (C=O) groups is 1. The van der Waals surface area contributed by atoms with E-state index in [0.29, 0.717) is 6.29 Å². The Morgan fingerprint density at radius 3 is 2.62 bits per heavy atom. The largest absolute Gasteiger partial charge is 0.305 e. The van der Waals surface area contributed by atoms with Crippen LogP contribution in [0.3, 0.4) is 0 Å². The fourth-order valence-corrected chi connectivity index (χ4v) is 0.405. The van der Waals surface area contributed by atoms with Crippen molar-refractivity contribution in [3.05, 3.63) is 22.1 Å². The van der Waals surface area contributed by atoms with Crippen LogP contribution in [0.4, 0.5) is 0 Å². The Bertz CT molecular complexity index is 234. The molecule has 0 amide bonds. The number of aromatic amines is 2. The van der Waals surface area contributed by atoms with Crippen molar-refractivity contribution in [2.75, 3.05) is 0 Å². The quantitative estimate of drug-likeness (QED) is 0.481. The summed E-state index contributed by atoms with van der Waals surface area (Å²) in [5.41, 5.74) is -0.245. The molecule has 1 heterocycles. The van der Waals surface area contributed by atoms with Gasteiger partial charge in [0, 0.05) is 6.20 Å². The Balaban J connectivity index is 3.30. The van der Waals surface area contributed by atoms with Gasteiger partial charge in [-0.3, -0.25) is 14.7 Å². The monoisotopic (exact) mass is 112 g/mol. The number of H-pyrrole nitrogens is 2. The molecule has 0 spiro atoms. The van der Waals surface area contributed by atoms with Gasteiger partial charge in [0.2, 0.25) is 0 Å². The summed E-state index contributed by atoms with van der Waals surface area (Å²) in [6, 6.07) is 0. The molecule has 4 heteroatoms. The first-order valence-corrected chi connectivity index (χ1v) is 2.06. The van der Waals surface area contributed by atoms with Gasteiger partial charge in [-0.15, -0.1) is 0 Å². The van der Waals surface area contributed by atoms with Gasteiger partial charge < -0.3 is 5.10 Å². The first kappa shape index (κ1) is 4.83. The molecule has 0 unspecified atom stereocenters. The van der Waals surface area contributed by atoms with Gasteiger partial charge in [0.15, 0.2) is 6.29 Å².